The van der Waals surface area contributed by atoms with Crippen molar-refractivity contribution >= 4 is 33.4 Å². The van der Waals surface area contributed by atoms with Crippen LogP contribution in [-0.2, 0) is 0 Å². The fourth-order valence-electron chi connectivity index (χ4n) is 1.46. The maximum Gasteiger partial charge on any atom is 0.165 e. The lowest BCUT2D eigenvalue weighted by Gasteiger charge is -2.09. The summed E-state index contributed by atoms with van der Waals surface area (Å²) in [7, 11) is 0. The predicted molar refractivity (Wildman–Crippen MR) is 76.6 cm³/mol. The molecule has 3 N–H and O–H groups in total. The Bertz CT molecular complexity index is 649. The van der Waals surface area contributed by atoms with Crippen LogP contribution in [0.1, 0.15) is 5.56 Å². The van der Waals surface area contributed by atoms with Gasteiger partial charge in [-0.3, -0.25) is 5.41 Å². The zero-order valence-electron chi connectivity index (χ0n) is 9.58. The molecule has 0 bridgehead atoms. The highest BCUT2D eigenvalue weighted by Gasteiger charge is 2.09. The van der Waals surface area contributed by atoms with E-state index in [1.54, 1.807) is 18.2 Å². The van der Waals surface area contributed by atoms with E-state index in [-0.39, 0.29) is 16.6 Å². The number of nitrogen functional groups attached to an aromatic ring is 1. The Morgan fingerprint density at radius 2 is 2.00 bits per heavy atom. The third kappa shape index (κ3) is 3.24. The van der Waals surface area contributed by atoms with Crippen LogP contribution in [0.3, 0.4) is 0 Å². The van der Waals surface area contributed by atoms with Crippen LogP contribution in [0.25, 0.3) is 0 Å². The molecule has 2 rings (SSSR count). The van der Waals surface area contributed by atoms with Crippen LogP contribution >= 0.6 is 27.5 Å². The first-order valence-corrected chi connectivity index (χ1v) is 6.41. The fourth-order valence-corrected chi connectivity index (χ4v) is 2.07. The van der Waals surface area contributed by atoms with Crippen molar-refractivity contribution in [1.29, 1.82) is 5.41 Å². The van der Waals surface area contributed by atoms with Crippen molar-refractivity contribution in [3.05, 3.63) is 57.3 Å². The van der Waals surface area contributed by atoms with Gasteiger partial charge in [-0.05, 0) is 30.3 Å². The molecule has 0 aromatic heterocycles. The van der Waals surface area contributed by atoms with Gasteiger partial charge in [-0.1, -0.05) is 27.5 Å². The third-order valence-electron chi connectivity index (χ3n) is 2.35. The lowest BCUT2D eigenvalue weighted by Crippen LogP contribution is -2.11. The Hall–Kier alpha value is -1.59. The van der Waals surface area contributed by atoms with Gasteiger partial charge in [0.15, 0.2) is 11.6 Å². The quantitative estimate of drug-likeness (QED) is 0.644. The normalized spacial score (nSPS) is 10.3. The van der Waals surface area contributed by atoms with Gasteiger partial charge in [0.2, 0.25) is 0 Å². The van der Waals surface area contributed by atoms with Crippen LogP contribution in [0.2, 0.25) is 5.02 Å². The second-order valence-electron chi connectivity index (χ2n) is 3.73. The molecule has 3 nitrogen and oxygen atoms in total. The molecule has 0 atom stereocenters. The molecular formula is C13H9BrClFN2O. The van der Waals surface area contributed by atoms with Crippen LogP contribution in [0.5, 0.6) is 11.5 Å². The summed E-state index contributed by atoms with van der Waals surface area (Å²) >= 11 is 9.20. The van der Waals surface area contributed by atoms with Crippen molar-refractivity contribution in [2.75, 3.05) is 0 Å². The SMILES string of the molecule is N=C(N)c1ccc(Oc2cc(Br)ccc2F)cc1Cl. The molecule has 19 heavy (non-hydrogen) atoms. The summed E-state index contributed by atoms with van der Waals surface area (Å²) in [6.07, 6.45) is 0. The number of nitrogens with one attached hydrogen (secondary N) is 1. The molecule has 0 aliphatic heterocycles. The second kappa shape index (κ2) is 5.59. The van der Waals surface area contributed by atoms with Crippen molar-refractivity contribution in [3.63, 3.8) is 0 Å². The summed E-state index contributed by atoms with van der Waals surface area (Å²) in [5, 5.41) is 7.59. The van der Waals surface area contributed by atoms with Gasteiger partial charge in [0.25, 0.3) is 0 Å². The van der Waals surface area contributed by atoms with Crippen LogP contribution in [0.15, 0.2) is 40.9 Å². The maximum atomic E-state index is 13.5. The zero-order valence-corrected chi connectivity index (χ0v) is 11.9. The molecular weight excluding hydrogens is 335 g/mol. The smallest absolute Gasteiger partial charge is 0.165 e. The highest BCUT2D eigenvalue weighted by Crippen LogP contribution is 2.30. The van der Waals surface area contributed by atoms with E-state index in [1.165, 1.54) is 18.2 Å². The summed E-state index contributed by atoms with van der Waals surface area (Å²) in [5.74, 6) is -0.159. The van der Waals surface area contributed by atoms with Crippen LogP contribution in [-0.4, -0.2) is 5.84 Å². The first-order chi connectivity index (χ1) is 8.97. The molecule has 98 valence electrons. The van der Waals surface area contributed by atoms with Crippen molar-refractivity contribution < 1.29 is 9.13 Å². The predicted octanol–water partition coefficient (Wildman–Crippen LogP) is 4.32. The second-order valence-corrected chi connectivity index (χ2v) is 5.06. The minimum atomic E-state index is -0.477. The Labute approximate surface area is 122 Å². The first-order valence-electron chi connectivity index (χ1n) is 5.24. The molecule has 0 unspecified atom stereocenters. The number of nitrogens with two attached hydrogens (primary N) is 1. The van der Waals surface area contributed by atoms with Gasteiger partial charge in [-0.25, -0.2) is 4.39 Å². The highest BCUT2D eigenvalue weighted by atomic mass is 79.9. The van der Waals surface area contributed by atoms with Crippen molar-refractivity contribution in [2.45, 2.75) is 0 Å². The van der Waals surface area contributed by atoms with Crippen LogP contribution < -0.4 is 10.5 Å². The van der Waals surface area contributed by atoms with Crippen molar-refractivity contribution in [1.82, 2.24) is 0 Å². The summed E-state index contributed by atoms with van der Waals surface area (Å²) < 4.78 is 19.6. The van der Waals surface area contributed by atoms with E-state index in [1.807, 2.05) is 0 Å². The molecule has 0 fully saturated rings. The monoisotopic (exact) mass is 342 g/mol. The average molecular weight is 344 g/mol. The molecule has 0 heterocycles. The lowest BCUT2D eigenvalue weighted by atomic mass is 10.2. The lowest BCUT2D eigenvalue weighted by molar-refractivity contribution is 0.442. The zero-order chi connectivity index (χ0) is 14.0. The minimum Gasteiger partial charge on any atom is -0.454 e. The highest BCUT2D eigenvalue weighted by molar-refractivity contribution is 9.10. The van der Waals surface area contributed by atoms with Gasteiger partial charge < -0.3 is 10.5 Å². The van der Waals surface area contributed by atoms with Gasteiger partial charge in [0.05, 0.1) is 5.02 Å². The number of benzene rings is 2. The molecule has 0 aliphatic rings. The van der Waals surface area contributed by atoms with Gasteiger partial charge in [-0.15, -0.1) is 0 Å². The molecule has 0 saturated carbocycles. The van der Waals surface area contributed by atoms with Gasteiger partial charge in [-0.2, -0.15) is 0 Å². The Balaban J connectivity index is 2.31. The summed E-state index contributed by atoms with van der Waals surface area (Å²) in [5.41, 5.74) is 5.76. The number of rotatable bonds is 3. The van der Waals surface area contributed by atoms with E-state index in [9.17, 15) is 4.39 Å². The van der Waals surface area contributed by atoms with Crippen LogP contribution in [0, 0.1) is 11.2 Å². The van der Waals surface area contributed by atoms with E-state index < -0.39 is 5.82 Å². The largest absolute Gasteiger partial charge is 0.454 e. The number of hydrogen-bond donors (Lipinski definition) is 2. The summed E-state index contributed by atoms with van der Waals surface area (Å²) in [6, 6.07) is 9.00. The standard InChI is InChI=1S/C13H9BrClFN2O/c14-7-1-4-11(16)12(5-7)19-8-2-3-9(13(17)18)10(15)6-8/h1-6H,(H3,17,18). The summed E-state index contributed by atoms with van der Waals surface area (Å²) in [4.78, 5) is 0. The first kappa shape index (κ1) is 13.8. The number of amidine groups is 1. The average Bonchev–Trinajstić information content (AvgIpc) is 2.33. The summed E-state index contributed by atoms with van der Waals surface area (Å²) in [6.45, 7) is 0. The molecule has 0 spiro atoms. The molecule has 0 amide bonds. The topological polar surface area (TPSA) is 59.1 Å². The molecule has 2 aromatic rings. The van der Waals surface area contributed by atoms with Gasteiger partial charge in [0, 0.05) is 16.1 Å². The van der Waals surface area contributed by atoms with Gasteiger partial charge >= 0.3 is 0 Å². The van der Waals surface area contributed by atoms with E-state index >= 15 is 0 Å². The van der Waals surface area contributed by atoms with Crippen molar-refractivity contribution in [2.24, 2.45) is 5.73 Å². The Morgan fingerprint density at radius 3 is 2.63 bits per heavy atom. The van der Waals surface area contributed by atoms with E-state index in [2.05, 4.69) is 15.9 Å². The van der Waals surface area contributed by atoms with Crippen LogP contribution in [0.4, 0.5) is 4.39 Å². The molecule has 0 radical (unpaired) electrons. The minimum absolute atomic E-state index is 0.0843. The van der Waals surface area contributed by atoms with E-state index in [0.717, 1.165) is 0 Å². The number of ether oxygens (including phenoxy) is 1. The molecule has 0 saturated heterocycles. The third-order valence-corrected chi connectivity index (χ3v) is 3.16. The number of hydrogen-bond acceptors (Lipinski definition) is 2. The van der Waals surface area contributed by atoms with E-state index in [4.69, 9.17) is 27.5 Å². The molecule has 6 heteroatoms. The van der Waals surface area contributed by atoms with Crippen molar-refractivity contribution in [3.8, 4) is 11.5 Å². The fraction of sp³-hybridized carbons (Fsp3) is 0. The Morgan fingerprint density at radius 1 is 1.26 bits per heavy atom. The maximum absolute atomic E-state index is 13.5. The Kier molecular flexibility index (Phi) is 4.07. The van der Waals surface area contributed by atoms with E-state index in [0.29, 0.717) is 15.8 Å². The molecule has 2 aromatic carbocycles. The molecule has 0 aliphatic carbocycles. The van der Waals surface area contributed by atoms with Gasteiger partial charge in [0.1, 0.15) is 11.6 Å². The number of halogens is 3.